The lowest BCUT2D eigenvalue weighted by molar-refractivity contribution is -0.142. The van der Waals surface area contributed by atoms with Gasteiger partial charge in [-0.2, -0.15) is 23.4 Å². The Hall–Kier alpha value is -1.86. The van der Waals surface area contributed by atoms with Gasteiger partial charge in [0.25, 0.3) is 0 Å². The first-order valence-electron chi connectivity index (χ1n) is 6.49. The maximum atomic E-state index is 12.6. The highest BCUT2D eigenvalue weighted by atomic mass is 19.4. The molecular formula is C12H14F3N5. The molecule has 1 N–H and O–H groups in total. The summed E-state index contributed by atoms with van der Waals surface area (Å²) < 4.78 is 38.7. The molecule has 8 heteroatoms. The van der Waals surface area contributed by atoms with E-state index >= 15 is 0 Å². The maximum Gasteiger partial charge on any atom is 0.408 e. The van der Waals surface area contributed by atoms with Crippen LogP contribution in [0.25, 0.3) is 11.5 Å². The van der Waals surface area contributed by atoms with Gasteiger partial charge in [0.1, 0.15) is 18.1 Å². The van der Waals surface area contributed by atoms with Crippen LogP contribution in [0.15, 0.2) is 0 Å². The van der Waals surface area contributed by atoms with Crippen LogP contribution < -0.4 is 0 Å². The summed E-state index contributed by atoms with van der Waals surface area (Å²) in [6, 6.07) is 0. The molecule has 0 aliphatic heterocycles. The van der Waals surface area contributed by atoms with Gasteiger partial charge < -0.3 is 0 Å². The number of H-pyrrole nitrogens is 1. The number of alkyl halides is 3. The van der Waals surface area contributed by atoms with Crippen LogP contribution in [-0.2, 0) is 19.4 Å². The summed E-state index contributed by atoms with van der Waals surface area (Å²) in [4.78, 5) is 4.11. The Balaban J connectivity index is 2.04. The van der Waals surface area contributed by atoms with Gasteiger partial charge in [-0.3, -0.25) is 5.10 Å². The largest absolute Gasteiger partial charge is 0.408 e. The van der Waals surface area contributed by atoms with Crippen molar-refractivity contribution in [2.24, 2.45) is 0 Å². The van der Waals surface area contributed by atoms with Crippen molar-refractivity contribution < 1.29 is 13.2 Å². The fourth-order valence-corrected chi connectivity index (χ4v) is 2.58. The number of rotatable bonds is 2. The van der Waals surface area contributed by atoms with Crippen LogP contribution in [0.5, 0.6) is 0 Å². The predicted molar refractivity (Wildman–Crippen MR) is 65.0 cm³/mol. The molecule has 0 amide bonds. The fourth-order valence-electron chi connectivity index (χ4n) is 2.58. The van der Waals surface area contributed by atoms with Gasteiger partial charge in [0.05, 0.1) is 0 Å². The topological polar surface area (TPSA) is 59.4 Å². The van der Waals surface area contributed by atoms with Gasteiger partial charge in [0, 0.05) is 11.3 Å². The molecule has 0 fully saturated rings. The van der Waals surface area contributed by atoms with E-state index in [1.165, 1.54) is 0 Å². The van der Waals surface area contributed by atoms with E-state index in [-0.39, 0.29) is 5.82 Å². The first-order chi connectivity index (χ1) is 9.44. The van der Waals surface area contributed by atoms with Crippen LogP contribution in [0.4, 0.5) is 13.2 Å². The Morgan fingerprint density at radius 3 is 2.75 bits per heavy atom. The number of aromatic nitrogens is 5. The number of aromatic amines is 1. The minimum Gasteiger partial charge on any atom is -0.282 e. The number of nitrogens with zero attached hydrogens (tertiary/aromatic N) is 4. The fraction of sp³-hybridized carbons (Fsp3) is 0.583. The standard InChI is InChI=1S/C12H14F3N5/c1-7-16-11(20(19-7)6-12(13,14)15)10-8-4-2-3-5-9(8)17-18-10/h2-6H2,1H3,(H,17,18). The molecule has 5 nitrogen and oxygen atoms in total. The Morgan fingerprint density at radius 1 is 1.25 bits per heavy atom. The quantitative estimate of drug-likeness (QED) is 0.921. The molecule has 2 aromatic rings. The summed E-state index contributed by atoms with van der Waals surface area (Å²) >= 11 is 0. The zero-order valence-electron chi connectivity index (χ0n) is 11.0. The molecule has 0 aromatic carbocycles. The number of fused-ring (bicyclic) bond motifs is 1. The molecule has 0 atom stereocenters. The predicted octanol–water partition coefficient (Wildman–Crippen LogP) is 2.42. The lowest BCUT2D eigenvalue weighted by atomic mass is 9.96. The van der Waals surface area contributed by atoms with Crippen molar-refractivity contribution in [1.29, 1.82) is 0 Å². The van der Waals surface area contributed by atoms with E-state index in [1.54, 1.807) is 6.92 Å². The second-order valence-corrected chi connectivity index (χ2v) is 4.99. The average Bonchev–Trinajstić information content (AvgIpc) is 2.90. The van der Waals surface area contributed by atoms with E-state index in [0.717, 1.165) is 41.6 Å². The molecule has 0 spiro atoms. The highest BCUT2D eigenvalue weighted by Gasteiger charge is 2.31. The molecule has 0 unspecified atom stereocenters. The van der Waals surface area contributed by atoms with E-state index in [4.69, 9.17) is 0 Å². The Labute approximate surface area is 113 Å². The van der Waals surface area contributed by atoms with Gasteiger partial charge in [0.2, 0.25) is 0 Å². The maximum absolute atomic E-state index is 12.6. The van der Waals surface area contributed by atoms with Crippen LogP contribution >= 0.6 is 0 Å². The van der Waals surface area contributed by atoms with Crippen LogP contribution in [0.3, 0.4) is 0 Å². The minimum absolute atomic E-state index is 0.194. The second-order valence-electron chi connectivity index (χ2n) is 4.99. The highest BCUT2D eigenvalue weighted by Crippen LogP contribution is 2.29. The van der Waals surface area contributed by atoms with Crippen LogP contribution in [-0.4, -0.2) is 31.1 Å². The minimum atomic E-state index is -4.33. The molecule has 0 bridgehead atoms. The van der Waals surface area contributed by atoms with Crippen molar-refractivity contribution in [2.75, 3.05) is 0 Å². The van der Waals surface area contributed by atoms with Crippen LogP contribution in [0.1, 0.15) is 29.9 Å². The van der Waals surface area contributed by atoms with Crippen LogP contribution in [0, 0.1) is 6.92 Å². The number of hydrogen-bond acceptors (Lipinski definition) is 3. The van der Waals surface area contributed by atoms with Crippen molar-refractivity contribution in [3.63, 3.8) is 0 Å². The Morgan fingerprint density at radius 2 is 2.00 bits per heavy atom. The van der Waals surface area contributed by atoms with Crippen LogP contribution in [0.2, 0.25) is 0 Å². The zero-order chi connectivity index (χ0) is 14.3. The summed E-state index contributed by atoms with van der Waals surface area (Å²) in [5, 5.41) is 10.9. The number of nitrogens with one attached hydrogen (secondary N) is 1. The molecule has 108 valence electrons. The van der Waals surface area contributed by atoms with E-state index in [2.05, 4.69) is 20.3 Å². The molecule has 2 heterocycles. The van der Waals surface area contributed by atoms with E-state index in [0.29, 0.717) is 11.5 Å². The molecule has 20 heavy (non-hydrogen) atoms. The van der Waals surface area contributed by atoms with Crippen molar-refractivity contribution in [3.05, 3.63) is 17.1 Å². The van der Waals surface area contributed by atoms with Crippen molar-refractivity contribution >= 4 is 0 Å². The molecule has 1 aliphatic carbocycles. The summed E-state index contributed by atoms with van der Waals surface area (Å²) in [6.45, 7) is 0.431. The summed E-state index contributed by atoms with van der Waals surface area (Å²) in [5.74, 6) is 0.510. The summed E-state index contributed by atoms with van der Waals surface area (Å²) in [6.07, 6.45) is -0.534. The van der Waals surface area contributed by atoms with Gasteiger partial charge in [-0.15, -0.1) is 0 Å². The molecule has 3 rings (SSSR count). The average molecular weight is 285 g/mol. The van der Waals surface area contributed by atoms with Gasteiger partial charge in [-0.05, 0) is 32.6 Å². The number of aryl methyl sites for hydroxylation is 2. The molecule has 1 aliphatic rings. The van der Waals surface area contributed by atoms with E-state index in [1.807, 2.05) is 0 Å². The monoisotopic (exact) mass is 285 g/mol. The number of halogens is 3. The third-order valence-corrected chi connectivity index (χ3v) is 3.37. The SMILES string of the molecule is Cc1nc(-c2n[nH]c3c2CCCC3)n(CC(F)(F)F)n1. The van der Waals surface area contributed by atoms with Gasteiger partial charge in [0.15, 0.2) is 5.82 Å². The zero-order valence-corrected chi connectivity index (χ0v) is 11.0. The van der Waals surface area contributed by atoms with Gasteiger partial charge >= 0.3 is 6.18 Å². The normalized spacial score (nSPS) is 15.4. The lowest BCUT2D eigenvalue weighted by Crippen LogP contribution is -2.20. The molecule has 0 saturated heterocycles. The van der Waals surface area contributed by atoms with Gasteiger partial charge in [-0.1, -0.05) is 0 Å². The van der Waals surface area contributed by atoms with E-state index in [9.17, 15) is 13.2 Å². The molecular weight excluding hydrogens is 271 g/mol. The molecule has 0 radical (unpaired) electrons. The van der Waals surface area contributed by atoms with Gasteiger partial charge in [-0.25, -0.2) is 9.67 Å². The first kappa shape index (κ1) is 13.1. The summed E-state index contributed by atoms with van der Waals surface area (Å²) in [5.41, 5.74) is 2.49. The third kappa shape index (κ3) is 2.41. The lowest BCUT2D eigenvalue weighted by Gasteiger charge is -2.12. The van der Waals surface area contributed by atoms with Crippen molar-refractivity contribution in [1.82, 2.24) is 25.0 Å². The van der Waals surface area contributed by atoms with Crippen molar-refractivity contribution in [2.45, 2.75) is 45.3 Å². The molecule has 2 aromatic heterocycles. The highest BCUT2D eigenvalue weighted by molar-refractivity contribution is 5.57. The smallest absolute Gasteiger partial charge is 0.282 e. The second kappa shape index (κ2) is 4.60. The first-order valence-corrected chi connectivity index (χ1v) is 6.49. The van der Waals surface area contributed by atoms with E-state index < -0.39 is 12.7 Å². The van der Waals surface area contributed by atoms with Crippen molar-refractivity contribution in [3.8, 4) is 11.5 Å². The Bertz CT molecular complexity index is 626. The molecule has 0 saturated carbocycles. The number of hydrogen-bond donors (Lipinski definition) is 1. The third-order valence-electron chi connectivity index (χ3n) is 3.37. The Kier molecular flexibility index (Phi) is 3.02. The summed E-state index contributed by atoms with van der Waals surface area (Å²) in [7, 11) is 0.